The molecule has 2 aromatic heterocycles. The molecule has 0 saturated heterocycles. The van der Waals surface area contributed by atoms with Crippen LogP contribution in [0.2, 0.25) is 5.15 Å². The highest BCUT2D eigenvalue weighted by Gasteiger charge is 2.18. The van der Waals surface area contributed by atoms with Crippen molar-refractivity contribution in [2.45, 2.75) is 26.2 Å². The maximum Gasteiger partial charge on any atom is 0.179 e. The number of rotatable bonds is 1. The first-order chi connectivity index (χ1) is 9.93. The number of hydrogen-bond donors (Lipinski definition) is 0. The maximum absolute atomic E-state index is 6.15. The smallest absolute Gasteiger partial charge is 0.179 e. The summed E-state index contributed by atoms with van der Waals surface area (Å²) in [6, 6.07) is 13.8. The normalized spacial score (nSPS) is 11.8. The quantitative estimate of drug-likeness (QED) is 0.614. The lowest BCUT2D eigenvalue weighted by molar-refractivity contribution is 0.568. The molecule has 0 N–H and O–H groups in total. The van der Waals surface area contributed by atoms with Gasteiger partial charge in [0.15, 0.2) is 5.82 Å². The average molecular weight is 298 g/mol. The molecule has 0 radical (unpaired) electrons. The summed E-state index contributed by atoms with van der Waals surface area (Å²) in [6.07, 6.45) is 0. The van der Waals surface area contributed by atoms with Crippen LogP contribution in [0.3, 0.4) is 0 Å². The lowest BCUT2D eigenvalue weighted by Gasteiger charge is -2.18. The Morgan fingerprint density at radius 3 is 2.43 bits per heavy atom. The Labute approximate surface area is 129 Å². The number of pyridine rings is 1. The fraction of sp³-hybridized carbons (Fsp3) is 0.235. The highest BCUT2D eigenvalue weighted by atomic mass is 35.5. The van der Waals surface area contributed by atoms with Crippen molar-refractivity contribution in [2.75, 3.05) is 0 Å². The Balaban J connectivity index is 2.16. The van der Waals surface area contributed by atoms with Gasteiger partial charge in [-0.05, 0) is 18.2 Å². The van der Waals surface area contributed by atoms with E-state index in [1.54, 1.807) is 0 Å². The van der Waals surface area contributed by atoms with Crippen molar-refractivity contribution >= 4 is 22.5 Å². The molecule has 0 spiro atoms. The molecule has 21 heavy (non-hydrogen) atoms. The van der Waals surface area contributed by atoms with Gasteiger partial charge in [0.05, 0.1) is 11.2 Å². The molecule has 0 aliphatic rings. The molecule has 0 aliphatic heterocycles. The van der Waals surface area contributed by atoms with Gasteiger partial charge in [-0.25, -0.2) is 15.0 Å². The second-order valence-electron chi connectivity index (χ2n) is 6.04. The fourth-order valence-electron chi connectivity index (χ4n) is 2.11. The van der Waals surface area contributed by atoms with Crippen molar-refractivity contribution < 1.29 is 0 Å². The summed E-state index contributed by atoms with van der Waals surface area (Å²) in [4.78, 5) is 13.6. The van der Waals surface area contributed by atoms with Crippen LogP contribution in [0.25, 0.3) is 22.4 Å². The molecule has 4 heteroatoms. The van der Waals surface area contributed by atoms with Crippen LogP contribution in [-0.2, 0) is 5.41 Å². The summed E-state index contributed by atoms with van der Waals surface area (Å²) in [5, 5.41) is 1.54. The van der Waals surface area contributed by atoms with Crippen LogP contribution in [0.4, 0.5) is 0 Å². The van der Waals surface area contributed by atoms with Crippen LogP contribution in [0.1, 0.15) is 26.5 Å². The highest BCUT2D eigenvalue weighted by Crippen LogP contribution is 2.25. The summed E-state index contributed by atoms with van der Waals surface area (Å²) < 4.78 is 0. The molecule has 106 valence electrons. The summed E-state index contributed by atoms with van der Waals surface area (Å²) in [5.41, 5.74) is 2.49. The Morgan fingerprint density at radius 1 is 0.905 bits per heavy atom. The number of hydrogen-bond acceptors (Lipinski definition) is 3. The van der Waals surface area contributed by atoms with Gasteiger partial charge in [-0.2, -0.15) is 0 Å². The molecule has 0 unspecified atom stereocenters. The minimum Gasteiger partial charge on any atom is -0.244 e. The maximum atomic E-state index is 6.15. The third kappa shape index (κ3) is 2.88. The van der Waals surface area contributed by atoms with Crippen molar-refractivity contribution in [3.8, 4) is 11.5 Å². The Hall–Kier alpha value is -2.00. The van der Waals surface area contributed by atoms with E-state index in [9.17, 15) is 0 Å². The number of aromatic nitrogens is 3. The van der Waals surface area contributed by atoms with Crippen LogP contribution in [-0.4, -0.2) is 15.0 Å². The van der Waals surface area contributed by atoms with E-state index in [1.165, 1.54) is 0 Å². The van der Waals surface area contributed by atoms with Crippen LogP contribution in [0.15, 0.2) is 42.5 Å². The first-order valence-corrected chi connectivity index (χ1v) is 7.22. The molecule has 1 aromatic carbocycles. The van der Waals surface area contributed by atoms with Gasteiger partial charge in [0.1, 0.15) is 10.8 Å². The predicted octanol–water partition coefficient (Wildman–Crippen LogP) is 4.64. The first-order valence-electron chi connectivity index (χ1n) is 6.85. The molecule has 0 bridgehead atoms. The molecule has 0 amide bonds. The minimum atomic E-state index is -0.0851. The van der Waals surface area contributed by atoms with Gasteiger partial charge in [-0.3, -0.25) is 0 Å². The van der Waals surface area contributed by atoms with Gasteiger partial charge < -0.3 is 0 Å². The van der Waals surface area contributed by atoms with Gasteiger partial charge >= 0.3 is 0 Å². The third-order valence-corrected chi connectivity index (χ3v) is 3.48. The van der Waals surface area contributed by atoms with E-state index < -0.39 is 0 Å². The number of halogens is 1. The molecule has 0 fully saturated rings. The molecule has 3 nitrogen and oxygen atoms in total. The van der Waals surface area contributed by atoms with Crippen LogP contribution in [0.5, 0.6) is 0 Å². The van der Waals surface area contributed by atoms with E-state index in [0.29, 0.717) is 11.0 Å². The van der Waals surface area contributed by atoms with E-state index in [4.69, 9.17) is 11.6 Å². The highest BCUT2D eigenvalue weighted by molar-refractivity contribution is 6.29. The van der Waals surface area contributed by atoms with Gasteiger partial charge in [0, 0.05) is 10.8 Å². The van der Waals surface area contributed by atoms with Crippen LogP contribution >= 0.6 is 11.6 Å². The number of nitrogens with zero attached hydrogens (tertiary/aromatic N) is 3. The van der Waals surface area contributed by atoms with Crippen molar-refractivity contribution in [3.63, 3.8) is 0 Å². The van der Waals surface area contributed by atoms with Crippen molar-refractivity contribution in [1.82, 2.24) is 15.0 Å². The molecule has 0 atom stereocenters. The summed E-state index contributed by atoms with van der Waals surface area (Å²) >= 11 is 6.15. The molecule has 0 saturated carbocycles. The first kappa shape index (κ1) is 14.0. The topological polar surface area (TPSA) is 38.7 Å². The van der Waals surface area contributed by atoms with Gasteiger partial charge in [0.2, 0.25) is 0 Å². The largest absolute Gasteiger partial charge is 0.244 e. The zero-order chi connectivity index (χ0) is 15.0. The molecule has 3 aromatic rings. The molecule has 0 aliphatic carbocycles. The summed E-state index contributed by atoms with van der Waals surface area (Å²) in [6.45, 7) is 6.30. The van der Waals surface area contributed by atoms with Crippen molar-refractivity contribution in [3.05, 3.63) is 53.3 Å². The predicted molar refractivity (Wildman–Crippen MR) is 86.5 cm³/mol. The minimum absolute atomic E-state index is 0.0851. The number of benzene rings is 1. The lowest BCUT2D eigenvalue weighted by atomic mass is 9.92. The number of para-hydroxylation sites is 1. The zero-order valence-electron chi connectivity index (χ0n) is 12.3. The van der Waals surface area contributed by atoms with Crippen molar-refractivity contribution in [1.29, 1.82) is 0 Å². The fourth-order valence-corrected chi connectivity index (χ4v) is 2.29. The Kier molecular flexibility index (Phi) is 3.38. The molecule has 3 rings (SSSR count). The van der Waals surface area contributed by atoms with E-state index in [-0.39, 0.29) is 5.41 Å². The van der Waals surface area contributed by atoms with Crippen LogP contribution in [0, 0.1) is 0 Å². The van der Waals surface area contributed by atoms with E-state index >= 15 is 0 Å². The SMILES string of the molecule is CC(C)(C)c1cc(Cl)nc(-c2ccc3ccccc3n2)n1. The van der Waals surface area contributed by atoms with Gasteiger partial charge in [0.25, 0.3) is 0 Å². The molecular weight excluding hydrogens is 282 g/mol. The Morgan fingerprint density at radius 2 is 1.67 bits per heavy atom. The van der Waals surface area contributed by atoms with Crippen LogP contribution < -0.4 is 0 Å². The monoisotopic (exact) mass is 297 g/mol. The lowest BCUT2D eigenvalue weighted by Crippen LogP contribution is -2.14. The second kappa shape index (κ2) is 5.08. The van der Waals surface area contributed by atoms with E-state index in [0.717, 1.165) is 22.3 Å². The van der Waals surface area contributed by atoms with E-state index in [2.05, 4.69) is 35.7 Å². The second-order valence-corrected chi connectivity index (χ2v) is 6.43. The standard InChI is InChI=1S/C17H16ClN3/c1-17(2,3)14-10-15(18)21-16(20-14)13-9-8-11-6-4-5-7-12(11)19-13/h4-10H,1-3H3. The third-order valence-electron chi connectivity index (χ3n) is 3.29. The van der Waals surface area contributed by atoms with Crippen molar-refractivity contribution in [2.24, 2.45) is 0 Å². The Bertz CT molecular complexity index is 806. The summed E-state index contributed by atoms with van der Waals surface area (Å²) in [7, 11) is 0. The summed E-state index contributed by atoms with van der Waals surface area (Å²) in [5.74, 6) is 0.568. The zero-order valence-corrected chi connectivity index (χ0v) is 13.0. The van der Waals surface area contributed by atoms with Gasteiger partial charge in [-0.1, -0.05) is 56.6 Å². The molecular formula is C17H16ClN3. The molecule has 2 heterocycles. The average Bonchev–Trinajstić information content (AvgIpc) is 2.45. The van der Waals surface area contributed by atoms with Gasteiger partial charge in [-0.15, -0.1) is 0 Å². The number of fused-ring (bicyclic) bond motifs is 1. The van der Waals surface area contributed by atoms with E-state index in [1.807, 2.05) is 42.5 Å².